The van der Waals surface area contributed by atoms with Gasteiger partial charge in [-0.25, -0.2) is 0 Å². The lowest BCUT2D eigenvalue weighted by Crippen LogP contribution is -2.19. The molecule has 0 aliphatic carbocycles. The van der Waals surface area contributed by atoms with Crippen LogP contribution >= 0.6 is 0 Å². The Morgan fingerprint density at radius 2 is 1.00 bits per heavy atom. The number of imide groups is 1. The molecule has 0 saturated heterocycles. The summed E-state index contributed by atoms with van der Waals surface area (Å²) in [5.74, 6) is -0.657. The Hall–Kier alpha value is -2.42. The molecule has 0 bridgehead atoms. The van der Waals surface area contributed by atoms with Crippen LogP contribution in [-0.2, 0) is 9.59 Å². The Morgan fingerprint density at radius 1 is 0.647 bits per heavy atom. The number of benzene rings is 2. The van der Waals surface area contributed by atoms with Gasteiger partial charge in [0.15, 0.2) is 0 Å². The summed E-state index contributed by atoms with van der Waals surface area (Å²) in [7, 11) is 0. The van der Waals surface area contributed by atoms with Crippen molar-refractivity contribution in [1.29, 1.82) is 0 Å². The molecule has 2 amide bonds. The Labute approximate surface area is 98.8 Å². The van der Waals surface area contributed by atoms with E-state index in [2.05, 4.69) is 48.5 Å². The second-order valence-electron chi connectivity index (χ2n) is 3.53. The van der Waals surface area contributed by atoms with Crippen LogP contribution in [0.25, 0.3) is 10.8 Å². The molecule has 2 aromatic rings. The topological polar surface area (TPSA) is 46.2 Å². The molecule has 1 aliphatic rings. The summed E-state index contributed by atoms with van der Waals surface area (Å²) < 4.78 is 0. The van der Waals surface area contributed by atoms with Crippen LogP contribution in [-0.4, -0.2) is 11.8 Å². The highest BCUT2D eigenvalue weighted by Gasteiger charge is 2.06. The molecule has 1 aliphatic heterocycles. The molecule has 84 valence electrons. The highest BCUT2D eigenvalue weighted by molar-refractivity contribution is 6.12. The minimum atomic E-state index is -0.329. The fraction of sp³-hybridized carbons (Fsp3) is 0. The monoisotopic (exact) mass is 225 g/mol. The molecule has 3 rings (SSSR count). The van der Waals surface area contributed by atoms with Gasteiger partial charge in [0.1, 0.15) is 0 Å². The Bertz CT molecular complexity index is 506. The van der Waals surface area contributed by atoms with Gasteiger partial charge in [-0.3, -0.25) is 14.9 Å². The van der Waals surface area contributed by atoms with E-state index in [4.69, 9.17) is 0 Å². The second-order valence-corrected chi connectivity index (χ2v) is 3.53. The van der Waals surface area contributed by atoms with E-state index in [0.29, 0.717) is 0 Å². The molecule has 0 aromatic heterocycles. The highest BCUT2D eigenvalue weighted by atomic mass is 16.2. The molecule has 3 nitrogen and oxygen atoms in total. The molecule has 0 atom stereocenters. The maximum atomic E-state index is 10.0. The summed E-state index contributed by atoms with van der Waals surface area (Å²) in [6.45, 7) is 0. The minimum absolute atomic E-state index is 0.329. The number of hydrogen-bond donors (Lipinski definition) is 1. The van der Waals surface area contributed by atoms with Gasteiger partial charge in [0.25, 0.3) is 11.8 Å². The van der Waals surface area contributed by atoms with E-state index in [0.717, 1.165) is 0 Å². The number of carbonyl (C=O) groups excluding carboxylic acids is 2. The van der Waals surface area contributed by atoms with Gasteiger partial charge in [0.2, 0.25) is 0 Å². The van der Waals surface area contributed by atoms with Gasteiger partial charge in [-0.2, -0.15) is 0 Å². The van der Waals surface area contributed by atoms with Crippen molar-refractivity contribution in [3.8, 4) is 0 Å². The quantitative estimate of drug-likeness (QED) is 0.697. The largest absolute Gasteiger partial charge is 0.289 e. The Kier molecular flexibility index (Phi) is 3.31. The van der Waals surface area contributed by atoms with E-state index in [1.807, 2.05) is 5.32 Å². The van der Waals surface area contributed by atoms with Crippen molar-refractivity contribution in [1.82, 2.24) is 5.32 Å². The lowest BCUT2D eigenvalue weighted by Gasteiger charge is -1.92. The number of rotatable bonds is 0. The van der Waals surface area contributed by atoms with E-state index in [-0.39, 0.29) is 11.8 Å². The van der Waals surface area contributed by atoms with Crippen molar-refractivity contribution >= 4 is 22.6 Å². The summed E-state index contributed by atoms with van der Waals surface area (Å²) in [6, 6.07) is 16.7. The van der Waals surface area contributed by atoms with E-state index in [1.165, 1.54) is 22.9 Å². The zero-order valence-electron chi connectivity index (χ0n) is 9.09. The standard InChI is InChI=1S/C10H8.C4H3NO2/c1-2-6-10-8-4-3-7-9(10)5-1;6-3-1-2-4(7)5-3/h1-8H;1-2H,(H,5,6,7). The number of fused-ring (bicyclic) bond motifs is 1. The van der Waals surface area contributed by atoms with Crippen LogP contribution in [0, 0.1) is 0 Å². The molecule has 0 saturated carbocycles. The van der Waals surface area contributed by atoms with Crippen LogP contribution in [0.1, 0.15) is 0 Å². The van der Waals surface area contributed by atoms with Crippen molar-refractivity contribution < 1.29 is 9.59 Å². The average molecular weight is 225 g/mol. The third-order valence-corrected chi connectivity index (χ3v) is 2.29. The van der Waals surface area contributed by atoms with Crippen LogP contribution in [0.5, 0.6) is 0 Å². The lowest BCUT2D eigenvalue weighted by molar-refractivity contribution is -0.123. The molecule has 0 fully saturated rings. The number of carbonyl (C=O) groups is 2. The number of hydrogen-bond acceptors (Lipinski definition) is 2. The predicted molar refractivity (Wildman–Crippen MR) is 66.2 cm³/mol. The van der Waals surface area contributed by atoms with E-state index in [9.17, 15) is 9.59 Å². The molecular formula is C14H11NO2. The molecular weight excluding hydrogens is 214 g/mol. The Morgan fingerprint density at radius 3 is 1.24 bits per heavy atom. The van der Waals surface area contributed by atoms with Crippen molar-refractivity contribution in [2.24, 2.45) is 0 Å². The van der Waals surface area contributed by atoms with Crippen molar-refractivity contribution in [2.75, 3.05) is 0 Å². The molecule has 0 spiro atoms. The molecule has 2 aromatic carbocycles. The van der Waals surface area contributed by atoms with Crippen molar-refractivity contribution in [3.05, 3.63) is 60.7 Å². The van der Waals surface area contributed by atoms with Gasteiger partial charge in [-0.1, -0.05) is 48.5 Å². The van der Waals surface area contributed by atoms with Gasteiger partial charge < -0.3 is 0 Å². The first-order valence-corrected chi connectivity index (χ1v) is 5.22. The predicted octanol–water partition coefficient (Wildman–Crippen LogP) is 2.04. The summed E-state index contributed by atoms with van der Waals surface area (Å²) in [4.78, 5) is 20.1. The van der Waals surface area contributed by atoms with Gasteiger partial charge in [0, 0.05) is 12.2 Å². The second kappa shape index (κ2) is 5.07. The van der Waals surface area contributed by atoms with Crippen LogP contribution in [0.4, 0.5) is 0 Å². The zero-order chi connectivity index (χ0) is 12.1. The maximum Gasteiger partial charge on any atom is 0.250 e. The van der Waals surface area contributed by atoms with Gasteiger partial charge in [-0.15, -0.1) is 0 Å². The molecule has 1 heterocycles. The molecule has 3 heteroatoms. The molecule has 0 radical (unpaired) electrons. The van der Waals surface area contributed by atoms with Crippen molar-refractivity contribution in [2.45, 2.75) is 0 Å². The van der Waals surface area contributed by atoms with Crippen LogP contribution in [0.2, 0.25) is 0 Å². The van der Waals surface area contributed by atoms with E-state index < -0.39 is 0 Å². The van der Waals surface area contributed by atoms with E-state index >= 15 is 0 Å². The molecule has 1 N–H and O–H groups in total. The third kappa shape index (κ3) is 3.01. The fourth-order valence-electron chi connectivity index (χ4n) is 1.49. The summed E-state index contributed by atoms with van der Waals surface area (Å²) in [5.41, 5.74) is 0. The van der Waals surface area contributed by atoms with Crippen LogP contribution < -0.4 is 5.32 Å². The summed E-state index contributed by atoms with van der Waals surface area (Å²) in [5, 5.41) is 4.65. The summed E-state index contributed by atoms with van der Waals surface area (Å²) >= 11 is 0. The van der Waals surface area contributed by atoms with E-state index in [1.54, 1.807) is 0 Å². The first-order chi connectivity index (χ1) is 8.25. The smallest absolute Gasteiger partial charge is 0.250 e. The molecule has 17 heavy (non-hydrogen) atoms. The van der Waals surface area contributed by atoms with Crippen LogP contribution in [0.15, 0.2) is 60.7 Å². The number of nitrogens with one attached hydrogen (secondary N) is 1. The lowest BCUT2D eigenvalue weighted by atomic mass is 10.1. The SMILES string of the molecule is O=C1C=CC(=O)N1.c1ccc2ccccc2c1. The minimum Gasteiger partial charge on any atom is -0.289 e. The highest BCUT2D eigenvalue weighted by Crippen LogP contribution is 2.11. The maximum absolute atomic E-state index is 10.0. The Balaban J connectivity index is 0.000000136. The average Bonchev–Trinajstić information content (AvgIpc) is 2.74. The normalized spacial score (nSPS) is 13.2. The number of amides is 2. The summed E-state index contributed by atoms with van der Waals surface area (Å²) in [6.07, 6.45) is 2.39. The van der Waals surface area contributed by atoms with Gasteiger partial charge in [-0.05, 0) is 10.8 Å². The zero-order valence-corrected chi connectivity index (χ0v) is 9.09. The fourth-order valence-corrected chi connectivity index (χ4v) is 1.49. The van der Waals surface area contributed by atoms with Gasteiger partial charge in [0.05, 0.1) is 0 Å². The molecule has 0 unspecified atom stereocenters. The van der Waals surface area contributed by atoms with Crippen molar-refractivity contribution in [3.63, 3.8) is 0 Å². The van der Waals surface area contributed by atoms with Crippen LogP contribution in [0.3, 0.4) is 0 Å². The first-order valence-electron chi connectivity index (χ1n) is 5.22. The first kappa shape index (κ1) is 11.1. The van der Waals surface area contributed by atoms with Gasteiger partial charge >= 0.3 is 0 Å². The third-order valence-electron chi connectivity index (χ3n) is 2.29.